The van der Waals surface area contributed by atoms with Gasteiger partial charge < -0.3 is 5.73 Å². The summed E-state index contributed by atoms with van der Waals surface area (Å²) in [7, 11) is 0. The highest BCUT2D eigenvalue weighted by molar-refractivity contribution is 7.71. The molecular formula is C19H24N6O2S. The third-order valence-electron chi connectivity index (χ3n) is 5.46. The fraction of sp³-hybridized carbons (Fsp3) is 0.474. The normalized spacial score (nSPS) is 16.2. The zero-order valence-corrected chi connectivity index (χ0v) is 16.7. The van der Waals surface area contributed by atoms with E-state index >= 15 is 0 Å². The molecular weight excluding hydrogens is 376 g/mol. The molecule has 1 fully saturated rings. The second-order valence-corrected chi connectivity index (χ2v) is 7.69. The van der Waals surface area contributed by atoms with Crippen molar-refractivity contribution >= 4 is 34.8 Å². The molecule has 0 unspecified atom stereocenters. The van der Waals surface area contributed by atoms with Gasteiger partial charge in [0.2, 0.25) is 16.5 Å². The van der Waals surface area contributed by atoms with Gasteiger partial charge in [0.1, 0.15) is 0 Å². The van der Waals surface area contributed by atoms with Crippen molar-refractivity contribution in [2.24, 2.45) is 11.7 Å². The number of nitrogens with two attached hydrogens (primary N) is 1. The maximum atomic E-state index is 13.0. The molecule has 9 heteroatoms. The molecule has 1 aliphatic rings. The van der Waals surface area contributed by atoms with Gasteiger partial charge in [0.15, 0.2) is 0 Å². The van der Waals surface area contributed by atoms with Crippen molar-refractivity contribution in [3.8, 4) is 0 Å². The number of carbonyl (C=O) groups excluding carboxylic acids is 1. The van der Waals surface area contributed by atoms with Crippen molar-refractivity contribution in [1.29, 1.82) is 0 Å². The number of piperidine rings is 1. The van der Waals surface area contributed by atoms with Crippen molar-refractivity contribution < 1.29 is 4.79 Å². The first kappa shape index (κ1) is 18.8. The summed E-state index contributed by atoms with van der Waals surface area (Å²) in [5.41, 5.74) is 6.16. The number of hydrogen-bond acceptors (Lipinski definition) is 5. The van der Waals surface area contributed by atoms with E-state index in [0.29, 0.717) is 29.1 Å². The van der Waals surface area contributed by atoms with Gasteiger partial charge in [-0.2, -0.15) is 0 Å². The summed E-state index contributed by atoms with van der Waals surface area (Å²) in [4.78, 5) is 26.5. The summed E-state index contributed by atoms with van der Waals surface area (Å²) in [6.07, 6.45) is 2.33. The SMILES string of the molecule is CCCn1c(=O)c2ccccc2n2c(=S)n(CN3CCC(C(N)=O)CC3)nc12. The Kier molecular flexibility index (Phi) is 5.03. The third-order valence-corrected chi connectivity index (χ3v) is 5.85. The Morgan fingerprint density at radius 1 is 1.29 bits per heavy atom. The van der Waals surface area contributed by atoms with Crippen LogP contribution in [-0.2, 0) is 18.0 Å². The molecule has 28 heavy (non-hydrogen) atoms. The van der Waals surface area contributed by atoms with Gasteiger partial charge >= 0.3 is 0 Å². The summed E-state index contributed by atoms with van der Waals surface area (Å²) < 4.78 is 5.92. The maximum absolute atomic E-state index is 13.0. The number of likely N-dealkylation sites (tertiary alicyclic amines) is 1. The summed E-state index contributed by atoms with van der Waals surface area (Å²) in [6.45, 7) is 4.69. The van der Waals surface area contributed by atoms with Gasteiger partial charge in [0.25, 0.3) is 5.56 Å². The van der Waals surface area contributed by atoms with Crippen LogP contribution in [0, 0.1) is 10.7 Å². The highest BCUT2D eigenvalue weighted by Gasteiger charge is 2.24. The number of para-hydroxylation sites is 1. The minimum Gasteiger partial charge on any atom is -0.369 e. The molecule has 1 aliphatic heterocycles. The number of amides is 1. The average molecular weight is 401 g/mol. The predicted octanol–water partition coefficient (Wildman–Crippen LogP) is 1.74. The predicted molar refractivity (Wildman–Crippen MR) is 110 cm³/mol. The zero-order chi connectivity index (χ0) is 19.8. The largest absolute Gasteiger partial charge is 0.369 e. The van der Waals surface area contributed by atoms with E-state index in [1.54, 1.807) is 9.25 Å². The highest BCUT2D eigenvalue weighted by atomic mass is 32.1. The molecule has 1 saturated heterocycles. The molecule has 1 amide bonds. The average Bonchev–Trinajstić information content (AvgIpc) is 3.02. The molecule has 3 aromatic rings. The molecule has 2 aromatic heterocycles. The number of fused-ring (bicyclic) bond motifs is 3. The van der Waals surface area contributed by atoms with Gasteiger partial charge in [0, 0.05) is 25.6 Å². The van der Waals surface area contributed by atoms with Crippen LogP contribution in [0.1, 0.15) is 26.2 Å². The minimum atomic E-state index is -0.223. The van der Waals surface area contributed by atoms with Gasteiger partial charge in [-0.15, -0.1) is 5.10 Å². The Labute approximate surface area is 167 Å². The van der Waals surface area contributed by atoms with Crippen LogP contribution in [0.25, 0.3) is 16.7 Å². The second kappa shape index (κ2) is 7.48. The number of carbonyl (C=O) groups is 1. The Balaban J connectivity index is 1.77. The second-order valence-electron chi connectivity index (χ2n) is 7.33. The molecule has 1 aromatic carbocycles. The van der Waals surface area contributed by atoms with Crippen molar-refractivity contribution in [3.63, 3.8) is 0 Å². The summed E-state index contributed by atoms with van der Waals surface area (Å²) in [5.74, 6) is 0.297. The number of benzene rings is 1. The molecule has 0 aliphatic carbocycles. The molecule has 4 rings (SSSR count). The molecule has 0 saturated carbocycles. The van der Waals surface area contributed by atoms with Crippen LogP contribution in [0.3, 0.4) is 0 Å². The molecule has 8 nitrogen and oxygen atoms in total. The van der Waals surface area contributed by atoms with Crippen LogP contribution < -0.4 is 11.3 Å². The first-order valence-corrected chi connectivity index (χ1v) is 10.0. The lowest BCUT2D eigenvalue weighted by molar-refractivity contribution is -0.123. The first-order chi connectivity index (χ1) is 13.5. The molecule has 0 bridgehead atoms. The van der Waals surface area contributed by atoms with E-state index in [1.807, 2.05) is 35.6 Å². The van der Waals surface area contributed by atoms with E-state index in [4.69, 9.17) is 23.1 Å². The highest BCUT2D eigenvalue weighted by Crippen LogP contribution is 2.18. The number of aryl methyl sites for hydroxylation is 1. The van der Waals surface area contributed by atoms with Gasteiger partial charge in [0.05, 0.1) is 17.6 Å². The molecule has 148 valence electrons. The number of nitrogens with zero attached hydrogens (tertiary/aromatic N) is 5. The Morgan fingerprint density at radius 2 is 2.00 bits per heavy atom. The van der Waals surface area contributed by atoms with Gasteiger partial charge in [-0.05, 0) is 43.6 Å². The fourth-order valence-electron chi connectivity index (χ4n) is 3.93. The quantitative estimate of drug-likeness (QED) is 0.659. The molecule has 2 N–H and O–H groups in total. The number of rotatable bonds is 5. The Bertz CT molecular complexity index is 1150. The molecule has 0 atom stereocenters. The van der Waals surface area contributed by atoms with Crippen molar-refractivity contribution in [3.05, 3.63) is 39.4 Å². The van der Waals surface area contributed by atoms with Crippen molar-refractivity contribution in [2.45, 2.75) is 39.4 Å². The van der Waals surface area contributed by atoms with E-state index in [-0.39, 0.29) is 17.4 Å². The topological polar surface area (TPSA) is 90.6 Å². The first-order valence-electron chi connectivity index (χ1n) is 9.64. The molecule has 0 radical (unpaired) electrons. The minimum absolute atomic E-state index is 0.0422. The van der Waals surface area contributed by atoms with Crippen LogP contribution in [0.15, 0.2) is 29.1 Å². The van der Waals surface area contributed by atoms with E-state index in [0.717, 1.165) is 37.9 Å². The van der Waals surface area contributed by atoms with Gasteiger partial charge in [-0.1, -0.05) is 19.1 Å². The number of aromatic nitrogens is 4. The lowest BCUT2D eigenvalue weighted by atomic mass is 9.97. The van der Waals surface area contributed by atoms with Crippen molar-refractivity contribution in [2.75, 3.05) is 13.1 Å². The number of hydrogen-bond donors (Lipinski definition) is 1. The molecule has 0 spiro atoms. The lowest BCUT2D eigenvalue weighted by Gasteiger charge is -2.29. The standard InChI is InChI=1S/C19H24N6O2S/c1-2-9-23-17(27)14-5-3-4-6-15(14)25-18(23)21-24(19(25)28)12-22-10-7-13(8-11-22)16(20)26/h3-6,13H,2,7-12H2,1H3,(H2,20,26). The maximum Gasteiger partial charge on any atom is 0.262 e. The van der Waals surface area contributed by atoms with E-state index < -0.39 is 0 Å². The Morgan fingerprint density at radius 3 is 2.68 bits per heavy atom. The van der Waals surface area contributed by atoms with Crippen LogP contribution in [0.4, 0.5) is 0 Å². The summed E-state index contributed by atoms with van der Waals surface area (Å²) in [6, 6.07) is 7.50. The monoisotopic (exact) mass is 400 g/mol. The fourth-order valence-corrected chi connectivity index (χ4v) is 4.21. The molecule has 3 heterocycles. The van der Waals surface area contributed by atoms with Crippen LogP contribution in [0.5, 0.6) is 0 Å². The van der Waals surface area contributed by atoms with Gasteiger partial charge in [-0.25, -0.2) is 4.68 Å². The smallest absolute Gasteiger partial charge is 0.262 e. The van der Waals surface area contributed by atoms with E-state index in [9.17, 15) is 9.59 Å². The van der Waals surface area contributed by atoms with Gasteiger partial charge in [-0.3, -0.25) is 23.5 Å². The van der Waals surface area contributed by atoms with E-state index in [1.165, 1.54) is 0 Å². The number of primary amides is 1. The third kappa shape index (κ3) is 3.14. The Hall–Kier alpha value is -2.52. The zero-order valence-electron chi connectivity index (χ0n) is 15.9. The summed E-state index contributed by atoms with van der Waals surface area (Å²) in [5, 5.41) is 5.34. The van der Waals surface area contributed by atoms with Crippen LogP contribution in [0.2, 0.25) is 0 Å². The lowest BCUT2D eigenvalue weighted by Crippen LogP contribution is -2.39. The van der Waals surface area contributed by atoms with E-state index in [2.05, 4.69) is 4.90 Å². The van der Waals surface area contributed by atoms with Crippen molar-refractivity contribution in [1.82, 2.24) is 23.6 Å². The van der Waals surface area contributed by atoms with Crippen LogP contribution >= 0.6 is 12.2 Å². The summed E-state index contributed by atoms with van der Waals surface area (Å²) >= 11 is 5.72. The van der Waals surface area contributed by atoms with Crippen LogP contribution in [-0.4, -0.2) is 42.6 Å².